The highest BCUT2D eigenvalue weighted by molar-refractivity contribution is 14.1. The standard InChI is InChI=1S/C20H31BINO3/c1-5-6-13-20(4)19(2,3)25-21(26-20)16-7-9-17(10-8-16)24-18-11-14-23(22)15-12-18/h7-10,18H,5-6,11-15H2,1-4H3. The molecule has 1 aromatic carbocycles. The SMILES string of the molecule is CCCCC1(C)OB(c2ccc(OC3CCN(I)CC3)cc2)OC1(C)C. The minimum Gasteiger partial charge on any atom is -0.490 e. The predicted octanol–water partition coefficient (Wildman–Crippen LogP) is 4.35. The van der Waals surface area contributed by atoms with Gasteiger partial charge in [-0.25, -0.2) is 3.11 Å². The summed E-state index contributed by atoms with van der Waals surface area (Å²) in [5.41, 5.74) is 0.513. The van der Waals surface area contributed by atoms with Gasteiger partial charge in [-0.05, 0) is 57.6 Å². The molecule has 4 nitrogen and oxygen atoms in total. The lowest BCUT2D eigenvalue weighted by Crippen LogP contribution is -2.44. The van der Waals surface area contributed by atoms with Crippen LogP contribution in [0.1, 0.15) is 59.8 Å². The van der Waals surface area contributed by atoms with E-state index in [0.717, 1.165) is 50.0 Å². The first-order valence-electron chi connectivity index (χ1n) is 9.86. The molecule has 0 radical (unpaired) electrons. The summed E-state index contributed by atoms with van der Waals surface area (Å²) >= 11 is 2.39. The Morgan fingerprint density at radius 3 is 2.42 bits per heavy atom. The molecular weight excluding hydrogens is 440 g/mol. The molecule has 0 saturated carbocycles. The molecule has 2 heterocycles. The van der Waals surface area contributed by atoms with E-state index < -0.39 is 0 Å². The highest BCUT2D eigenvalue weighted by Crippen LogP contribution is 2.40. The van der Waals surface area contributed by atoms with Crippen molar-refractivity contribution in [1.82, 2.24) is 3.11 Å². The Morgan fingerprint density at radius 2 is 1.81 bits per heavy atom. The van der Waals surface area contributed by atoms with Gasteiger partial charge in [0, 0.05) is 36.0 Å². The van der Waals surface area contributed by atoms with Crippen LogP contribution in [-0.2, 0) is 9.31 Å². The van der Waals surface area contributed by atoms with Crippen LogP contribution >= 0.6 is 22.9 Å². The van der Waals surface area contributed by atoms with E-state index in [1.807, 2.05) is 12.1 Å². The van der Waals surface area contributed by atoms with Crippen molar-refractivity contribution in [3.8, 4) is 5.75 Å². The summed E-state index contributed by atoms with van der Waals surface area (Å²) in [6, 6.07) is 8.25. The normalized spacial score (nSPS) is 27.0. The van der Waals surface area contributed by atoms with Crippen LogP contribution in [0.15, 0.2) is 24.3 Å². The van der Waals surface area contributed by atoms with E-state index in [-0.39, 0.29) is 18.3 Å². The first kappa shape index (κ1) is 20.4. The number of hydrogen-bond donors (Lipinski definition) is 0. The Balaban J connectivity index is 1.62. The van der Waals surface area contributed by atoms with Crippen LogP contribution in [0.25, 0.3) is 0 Å². The zero-order valence-corrected chi connectivity index (χ0v) is 18.6. The second kappa shape index (κ2) is 8.37. The largest absolute Gasteiger partial charge is 0.494 e. The zero-order valence-electron chi connectivity index (χ0n) is 16.5. The van der Waals surface area contributed by atoms with Crippen LogP contribution in [0.5, 0.6) is 5.75 Å². The van der Waals surface area contributed by atoms with Crippen LogP contribution in [0.3, 0.4) is 0 Å². The molecule has 2 fully saturated rings. The van der Waals surface area contributed by atoms with Gasteiger partial charge in [0.1, 0.15) is 11.9 Å². The van der Waals surface area contributed by atoms with Gasteiger partial charge < -0.3 is 14.0 Å². The summed E-state index contributed by atoms with van der Waals surface area (Å²) in [6.07, 6.45) is 5.83. The van der Waals surface area contributed by atoms with Gasteiger partial charge in [-0.3, -0.25) is 0 Å². The number of piperidine rings is 1. The summed E-state index contributed by atoms with van der Waals surface area (Å²) < 4.78 is 21.1. The van der Waals surface area contributed by atoms with Crippen molar-refractivity contribution in [1.29, 1.82) is 0 Å². The van der Waals surface area contributed by atoms with Gasteiger partial charge in [0.2, 0.25) is 0 Å². The number of hydrogen-bond acceptors (Lipinski definition) is 4. The quantitative estimate of drug-likeness (QED) is 0.351. The third kappa shape index (κ3) is 4.57. The Kier molecular flexibility index (Phi) is 6.58. The molecule has 144 valence electrons. The van der Waals surface area contributed by atoms with E-state index in [9.17, 15) is 0 Å². The number of rotatable bonds is 6. The van der Waals surface area contributed by atoms with E-state index in [1.54, 1.807) is 0 Å². The van der Waals surface area contributed by atoms with Crippen LogP contribution in [0.2, 0.25) is 0 Å². The Labute approximate surface area is 172 Å². The van der Waals surface area contributed by atoms with Gasteiger partial charge in [0.25, 0.3) is 0 Å². The molecule has 0 aromatic heterocycles. The van der Waals surface area contributed by atoms with Gasteiger partial charge >= 0.3 is 7.12 Å². The van der Waals surface area contributed by atoms with E-state index >= 15 is 0 Å². The molecule has 1 atom stereocenters. The van der Waals surface area contributed by atoms with Crippen molar-refractivity contribution < 1.29 is 14.0 Å². The van der Waals surface area contributed by atoms with Gasteiger partial charge in [-0.2, -0.15) is 0 Å². The van der Waals surface area contributed by atoms with E-state index in [4.69, 9.17) is 14.0 Å². The monoisotopic (exact) mass is 471 g/mol. The second-order valence-electron chi connectivity index (χ2n) is 8.21. The molecule has 0 N–H and O–H groups in total. The molecule has 0 bridgehead atoms. The molecule has 3 rings (SSSR count). The molecular formula is C20H31BINO3. The summed E-state index contributed by atoms with van der Waals surface area (Å²) in [5.74, 6) is 0.937. The fourth-order valence-corrected chi connectivity index (χ4v) is 4.20. The molecule has 2 saturated heterocycles. The first-order chi connectivity index (χ1) is 12.3. The molecule has 0 spiro atoms. The number of unbranched alkanes of at least 4 members (excludes halogenated alkanes) is 1. The maximum absolute atomic E-state index is 6.38. The minimum atomic E-state index is -0.303. The Morgan fingerprint density at radius 1 is 1.15 bits per heavy atom. The maximum Gasteiger partial charge on any atom is 0.494 e. The summed E-state index contributed by atoms with van der Waals surface area (Å²) in [6.45, 7) is 10.9. The summed E-state index contributed by atoms with van der Waals surface area (Å²) in [5, 5.41) is 0. The lowest BCUT2D eigenvalue weighted by Gasteiger charge is -2.36. The smallest absolute Gasteiger partial charge is 0.490 e. The lowest BCUT2D eigenvalue weighted by atomic mass is 9.79. The summed E-state index contributed by atoms with van der Waals surface area (Å²) in [4.78, 5) is 0. The molecule has 26 heavy (non-hydrogen) atoms. The molecule has 0 aliphatic carbocycles. The number of benzene rings is 1. The molecule has 2 aliphatic rings. The number of ether oxygens (including phenoxy) is 1. The van der Waals surface area contributed by atoms with E-state index in [1.165, 1.54) is 6.42 Å². The lowest BCUT2D eigenvalue weighted by molar-refractivity contribution is -0.0169. The second-order valence-corrected chi connectivity index (χ2v) is 9.57. The van der Waals surface area contributed by atoms with Crippen molar-refractivity contribution in [3.63, 3.8) is 0 Å². The van der Waals surface area contributed by atoms with Gasteiger partial charge in [0.15, 0.2) is 0 Å². The van der Waals surface area contributed by atoms with Gasteiger partial charge in [-0.15, -0.1) is 0 Å². The van der Waals surface area contributed by atoms with Crippen LogP contribution in [-0.4, -0.2) is 40.6 Å². The molecule has 2 aliphatic heterocycles. The highest BCUT2D eigenvalue weighted by Gasteiger charge is 2.53. The average molecular weight is 471 g/mol. The number of halogens is 1. The first-order valence-corrected chi connectivity index (χ1v) is 10.8. The van der Waals surface area contributed by atoms with Crippen molar-refractivity contribution in [3.05, 3.63) is 24.3 Å². The van der Waals surface area contributed by atoms with Crippen molar-refractivity contribution in [2.24, 2.45) is 0 Å². The van der Waals surface area contributed by atoms with Gasteiger partial charge in [-0.1, -0.05) is 31.9 Å². The topological polar surface area (TPSA) is 30.9 Å². The van der Waals surface area contributed by atoms with Gasteiger partial charge in [0.05, 0.1) is 11.2 Å². The molecule has 1 unspecified atom stereocenters. The van der Waals surface area contributed by atoms with Crippen molar-refractivity contribution in [2.75, 3.05) is 13.1 Å². The summed E-state index contributed by atoms with van der Waals surface area (Å²) in [7, 11) is -0.303. The molecule has 1 aromatic rings. The third-order valence-electron chi connectivity index (χ3n) is 5.89. The number of nitrogens with zero attached hydrogens (tertiary/aromatic N) is 1. The zero-order chi connectivity index (χ0) is 18.8. The highest BCUT2D eigenvalue weighted by atomic mass is 127. The van der Waals surface area contributed by atoms with Crippen molar-refractivity contribution >= 4 is 35.4 Å². The Bertz CT molecular complexity index is 589. The maximum atomic E-state index is 6.38. The minimum absolute atomic E-state index is 0.254. The fraction of sp³-hybridized carbons (Fsp3) is 0.700. The van der Waals surface area contributed by atoms with Crippen LogP contribution < -0.4 is 10.2 Å². The predicted molar refractivity (Wildman–Crippen MR) is 115 cm³/mol. The van der Waals surface area contributed by atoms with Crippen molar-refractivity contribution in [2.45, 2.75) is 77.1 Å². The van der Waals surface area contributed by atoms with Crippen LogP contribution in [0.4, 0.5) is 0 Å². The van der Waals surface area contributed by atoms with E-state index in [0.29, 0.717) is 6.10 Å². The Hall–Kier alpha value is -0.305. The van der Waals surface area contributed by atoms with E-state index in [2.05, 4.69) is 65.8 Å². The average Bonchev–Trinajstić information content (AvgIpc) is 2.85. The fourth-order valence-electron chi connectivity index (χ4n) is 3.64. The third-order valence-corrected chi connectivity index (χ3v) is 6.86. The molecule has 0 amide bonds. The van der Waals surface area contributed by atoms with Crippen LogP contribution in [0, 0.1) is 0 Å². The molecule has 6 heteroatoms.